The van der Waals surface area contributed by atoms with Gasteiger partial charge in [-0.05, 0) is 42.3 Å². The molecule has 1 fully saturated rings. The number of amides is 1. The SMILES string of the molecule is Cc1c(Cl)cccc1N1CSC2=C(C#N)[C@H](c3cccc(Br)c3)CC(=O)N2C1. The van der Waals surface area contributed by atoms with Crippen LogP contribution in [0.15, 0.2) is 57.5 Å². The summed E-state index contributed by atoms with van der Waals surface area (Å²) in [5.41, 5.74) is 3.67. The monoisotopic (exact) mass is 473 g/mol. The minimum atomic E-state index is -0.201. The van der Waals surface area contributed by atoms with Crippen LogP contribution in [0.3, 0.4) is 0 Å². The predicted molar refractivity (Wildman–Crippen MR) is 117 cm³/mol. The van der Waals surface area contributed by atoms with Crippen molar-refractivity contribution in [1.29, 1.82) is 5.26 Å². The minimum Gasteiger partial charge on any atom is -0.343 e. The van der Waals surface area contributed by atoms with Crippen molar-refractivity contribution in [1.82, 2.24) is 4.90 Å². The molecule has 0 bridgehead atoms. The molecule has 0 aliphatic carbocycles. The number of carbonyl (C=O) groups excluding carboxylic acids is 1. The third-order valence-electron chi connectivity index (χ3n) is 5.12. The minimum absolute atomic E-state index is 0.0378. The van der Waals surface area contributed by atoms with E-state index in [9.17, 15) is 10.1 Å². The maximum atomic E-state index is 13.0. The molecule has 0 unspecified atom stereocenters. The Kier molecular flexibility index (Phi) is 5.42. The van der Waals surface area contributed by atoms with Gasteiger partial charge in [0.05, 0.1) is 29.2 Å². The van der Waals surface area contributed by atoms with Crippen LogP contribution in [0.2, 0.25) is 5.02 Å². The van der Waals surface area contributed by atoms with Crippen LogP contribution in [0.5, 0.6) is 0 Å². The summed E-state index contributed by atoms with van der Waals surface area (Å²) in [6.45, 7) is 2.41. The average Bonchev–Trinajstić information content (AvgIpc) is 2.70. The summed E-state index contributed by atoms with van der Waals surface area (Å²) in [4.78, 5) is 16.9. The number of nitrogens with zero attached hydrogens (tertiary/aromatic N) is 3. The van der Waals surface area contributed by atoms with Gasteiger partial charge in [-0.1, -0.05) is 57.5 Å². The maximum Gasteiger partial charge on any atom is 0.229 e. The predicted octanol–water partition coefficient (Wildman–Crippen LogP) is 5.63. The first kappa shape index (κ1) is 19.4. The number of anilines is 1. The van der Waals surface area contributed by atoms with Crippen molar-refractivity contribution < 1.29 is 4.79 Å². The van der Waals surface area contributed by atoms with E-state index in [1.807, 2.05) is 49.4 Å². The first-order valence-corrected chi connectivity index (χ1v) is 11.0. The van der Waals surface area contributed by atoms with E-state index < -0.39 is 0 Å². The van der Waals surface area contributed by atoms with Gasteiger partial charge in [0.15, 0.2) is 0 Å². The van der Waals surface area contributed by atoms with Crippen molar-refractivity contribution in [2.45, 2.75) is 19.3 Å². The molecule has 4 nitrogen and oxygen atoms in total. The van der Waals surface area contributed by atoms with Crippen molar-refractivity contribution in [2.24, 2.45) is 0 Å². The molecule has 2 aromatic carbocycles. The summed E-state index contributed by atoms with van der Waals surface area (Å²) < 4.78 is 0.945. The highest BCUT2D eigenvalue weighted by atomic mass is 79.9. The summed E-state index contributed by atoms with van der Waals surface area (Å²) >= 11 is 11.3. The van der Waals surface area contributed by atoms with Crippen molar-refractivity contribution in [3.05, 3.63) is 73.7 Å². The van der Waals surface area contributed by atoms with Crippen molar-refractivity contribution >= 4 is 50.9 Å². The standard InChI is InChI=1S/C21H17BrClN3OS/c1-13-18(23)6-3-7-19(13)25-11-26-20(27)9-16(14-4-2-5-15(22)8-14)17(10-24)21(26)28-12-25/h2-8,16H,9,11-12H2,1H3/t16-/m0/s1. The molecule has 0 saturated carbocycles. The smallest absolute Gasteiger partial charge is 0.229 e. The molecule has 0 aromatic heterocycles. The number of halogens is 2. The molecule has 0 radical (unpaired) electrons. The Balaban J connectivity index is 1.69. The Morgan fingerprint density at radius 1 is 1.29 bits per heavy atom. The van der Waals surface area contributed by atoms with Crippen LogP contribution in [0, 0.1) is 18.3 Å². The van der Waals surface area contributed by atoms with E-state index in [0.717, 1.165) is 26.3 Å². The summed E-state index contributed by atoms with van der Waals surface area (Å²) in [7, 11) is 0. The summed E-state index contributed by atoms with van der Waals surface area (Å²) in [6, 6.07) is 16.0. The van der Waals surface area contributed by atoms with Crippen molar-refractivity contribution in [3.8, 4) is 6.07 Å². The molecule has 1 saturated heterocycles. The lowest BCUT2D eigenvalue weighted by Gasteiger charge is -2.42. The number of benzene rings is 2. The number of hydrogen-bond donors (Lipinski definition) is 0. The number of fused-ring (bicyclic) bond motifs is 1. The van der Waals surface area contributed by atoms with Crippen LogP contribution in [-0.2, 0) is 4.79 Å². The Bertz CT molecular complexity index is 1030. The Labute approximate surface area is 181 Å². The maximum absolute atomic E-state index is 13.0. The average molecular weight is 475 g/mol. The molecule has 1 amide bonds. The van der Waals surface area contributed by atoms with Crippen LogP contribution in [0.1, 0.15) is 23.5 Å². The second kappa shape index (κ2) is 7.82. The largest absolute Gasteiger partial charge is 0.343 e. The lowest BCUT2D eigenvalue weighted by atomic mass is 9.86. The highest BCUT2D eigenvalue weighted by Crippen LogP contribution is 2.44. The van der Waals surface area contributed by atoms with Gasteiger partial charge in [-0.2, -0.15) is 5.26 Å². The number of hydrogen-bond acceptors (Lipinski definition) is 4. The van der Waals surface area contributed by atoms with Crippen LogP contribution in [0.25, 0.3) is 0 Å². The van der Waals surface area contributed by atoms with Crippen LogP contribution in [0.4, 0.5) is 5.69 Å². The molecular formula is C21H17BrClN3OS. The van der Waals surface area contributed by atoms with Crippen molar-refractivity contribution in [2.75, 3.05) is 17.4 Å². The van der Waals surface area contributed by atoms with E-state index in [0.29, 0.717) is 29.6 Å². The molecule has 2 heterocycles. The Morgan fingerprint density at radius 3 is 2.82 bits per heavy atom. The number of nitriles is 1. The molecule has 4 rings (SSSR count). The van der Waals surface area contributed by atoms with Gasteiger partial charge >= 0.3 is 0 Å². The Hall–Kier alpha value is -1.94. The fourth-order valence-electron chi connectivity index (χ4n) is 3.66. The molecule has 142 valence electrons. The molecule has 2 aliphatic rings. The zero-order chi connectivity index (χ0) is 19.8. The second-order valence-corrected chi connectivity index (χ2v) is 9.06. The van der Waals surface area contributed by atoms with Gasteiger partial charge in [0.1, 0.15) is 0 Å². The fraction of sp³-hybridized carbons (Fsp3) is 0.238. The zero-order valence-corrected chi connectivity index (χ0v) is 18.3. The summed E-state index contributed by atoms with van der Waals surface area (Å²) in [6.07, 6.45) is 0.297. The van der Waals surface area contributed by atoms with E-state index in [1.54, 1.807) is 4.90 Å². The van der Waals surface area contributed by atoms with E-state index in [1.165, 1.54) is 11.8 Å². The van der Waals surface area contributed by atoms with E-state index in [-0.39, 0.29) is 11.8 Å². The van der Waals surface area contributed by atoms with Gasteiger partial charge in [0.25, 0.3) is 0 Å². The topological polar surface area (TPSA) is 47.3 Å². The fourth-order valence-corrected chi connectivity index (χ4v) is 5.41. The molecule has 28 heavy (non-hydrogen) atoms. The number of carbonyl (C=O) groups is 1. The third kappa shape index (κ3) is 3.43. The lowest BCUT2D eigenvalue weighted by molar-refractivity contribution is -0.129. The van der Waals surface area contributed by atoms with Crippen molar-refractivity contribution in [3.63, 3.8) is 0 Å². The van der Waals surface area contributed by atoms with Gasteiger partial charge in [-0.3, -0.25) is 9.69 Å². The lowest BCUT2D eigenvalue weighted by Crippen LogP contribution is -2.47. The molecule has 2 aliphatic heterocycles. The first-order chi connectivity index (χ1) is 13.5. The van der Waals surface area contributed by atoms with Crippen LogP contribution < -0.4 is 4.90 Å². The van der Waals surface area contributed by atoms with Gasteiger partial charge < -0.3 is 4.90 Å². The van der Waals surface area contributed by atoms with E-state index in [2.05, 4.69) is 26.9 Å². The van der Waals surface area contributed by atoms with Gasteiger partial charge in [-0.25, -0.2) is 0 Å². The summed E-state index contributed by atoms with van der Waals surface area (Å²) in [5.74, 6) is 0.500. The normalized spacial score (nSPS) is 19.5. The number of rotatable bonds is 2. The molecule has 2 aromatic rings. The van der Waals surface area contributed by atoms with Crippen LogP contribution in [-0.4, -0.2) is 23.4 Å². The van der Waals surface area contributed by atoms with Gasteiger partial charge in [0.2, 0.25) is 5.91 Å². The quantitative estimate of drug-likeness (QED) is 0.566. The Morgan fingerprint density at radius 2 is 2.07 bits per heavy atom. The highest BCUT2D eigenvalue weighted by Gasteiger charge is 2.38. The van der Waals surface area contributed by atoms with Gasteiger partial charge in [-0.15, -0.1) is 0 Å². The molecule has 0 spiro atoms. The van der Waals surface area contributed by atoms with E-state index >= 15 is 0 Å². The number of allylic oxidation sites excluding steroid dienone is 1. The zero-order valence-electron chi connectivity index (χ0n) is 15.2. The first-order valence-electron chi connectivity index (χ1n) is 8.82. The summed E-state index contributed by atoms with van der Waals surface area (Å²) in [5, 5.41) is 11.4. The van der Waals surface area contributed by atoms with E-state index in [4.69, 9.17) is 11.6 Å². The molecule has 0 N–H and O–H groups in total. The highest BCUT2D eigenvalue weighted by molar-refractivity contribution is 9.10. The molecule has 7 heteroatoms. The van der Waals surface area contributed by atoms with Crippen LogP contribution >= 0.6 is 39.3 Å². The van der Waals surface area contributed by atoms with Gasteiger partial charge in [0, 0.05) is 27.5 Å². The molecule has 1 atom stereocenters. The second-order valence-electron chi connectivity index (χ2n) is 6.80. The molecular weight excluding hydrogens is 458 g/mol. The number of thioether (sulfide) groups is 1. The third-order valence-corrected chi connectivity index (χ3v) is 7.18.